The molecule has 3 N–H and O–H groups in total. The van der Waals surface area contributed by atoms with Gasteiger partial charge in [0, 0.05) is 6.42 Å². The molecule has 1 heterocycles. The lowest BCUT2D eigenvalue weighted by atomic mass is 10.4. The molecule has 0 bridgehead atoms. The van der Waals surface area contributed by atoms with Gasteiger partial charge in [-0.3, -0.25) is 5.10 Å². The zero-order chi connectivity index (χ0) is 9.68. The second-order valence-corrected chi connectivity index (χ2v) is 2.36. The van der Waals surface area contributed by atoms with Gasteiger partial charge in [-0.15, -0.1) is 5.10 Å². The van der Waals surface area contributed by atoms with Gasteiger partial charge in [0.1, 0.15) is 12.4 Å². The second kappa shape index (κ2) is 4.70. The quantitative estimate of drug-likeness (QED) is 0.654. The van der Waals surface area contributed by atoms with Crippen molar-refractivity contribution in [3.8, 4) is 0 Å². The van der Waals surface area contributed by atoms with Crippen LogP contribution in [-0.2, 0) is 11.2 Å². The highest BCUT2D eigenvalue weighted by molar-refractivity contribution is 5.12. The topological polar surface area (TPSA) is 76.8 Å². The number of alkyl halides is 2. The minimum Gasteiger partial charge on any atom is -0.375 e. The third kappa shape index (κ3) is 3.79. The van der Waals surface area contributed by atoms with E-state index in [9.17, 15) is 8.78 Å². The molecule has 0 fully saturated rings. The highest BCUT2D eigenvalue weighted by Gasteiger charge is 2.03. The lowest BCUT2D eigenvalue weighted by Gasteiger charge is -2.00. The minimum atomic E-state index is -2.43. The molecule has 0 saturated carbocycles. The number of halogens is 2. The maximum Gasteiger partial charge on any atom is 0.261 e. The van der Waals surface area contributed by atoms with Gasteiger partial charge >= 0.3 is 0 Å². The standard InChI is InChI=1S/C6H10F2N4O/c7-4(8)3-13-2-1-5-10-6(9)12-11-5/h4H,1-3H2,(H3,9,10,11,12). The molecule has 0 radical (unpaired) electrons. The molecular weight excluding hydrogens is 182 g/mol. The SMILES string of the molecule is Nc1n[nH]c(CCOCC(F)F)n1. The van der Waals surface area contributed by atoms with E-state index in [4.69, 9.17) is 5.73 Å². The van der Waals surface area contributed by atoms with Crippen molar-refractivity contribution in [2.75, 3.05) is 18.9 Å². The lowest BCUT2D eigenvalue weighted by molar-refractivity contribution is 0.0183. The summed E-state index contributed by atoms with van der Waals surface area (Å²) in [6.45, 7) is -0.372. The van der Waals surface area contributed by atoms with Gasteiger partial charge in [0.2, 0.25) is 5.95 Å². The third-order valence-electron chi connectivity index (χ3n) is 1.28. The van der Waals surface area contributed by atoms with Crippen LogP contribution in [0.25, 0.3) is 0 Å². The number of aromatic nitrogens is 3. The molecule has 1 aromatic rings. The fraction of sp³-hybridized carbons (Fsp3) is 0.667. The van der Waals surface area contributed by atoms with Crippen LogP contribution in [0.3, 0.4) is 0 Å². The second-order valence-electron chi connectivity index (χ2n) is 2.36. The highest BCUT2D eigenvalue weighted by Crippen LogP contribution is 1.96. The summed E-state index contributed by atoms with van der Waals surface area (Å²) >= 11 is 0. The Bertz CT molecular complexity index is 253. The summed E-state index contributed by atoms with van der Waals surface area (Å²) in [5, 5.41) is 6.11. The molecule has 7 heteroatoms. The molecule has 0 spiro atoms. The van der Waals surface area contributed by atoms with Gasteiger partial charge < -0.3 is 10.5 Å². The molecule has 0 aliphatic heterocycles. The van der Waals surface area contributed by atoms with E-state index in [1.807, 2.05) is 0 Å². The van der Waals surface area contributed by atoms with E-state index in [-0.39, 0.29) is 12.6 Å². The number of nitrogens with zero attached hydrogens (tertiary/aromatic N) is 2. The largest absolute Gasteiger partial charge is 0.375 e. The molecular formula is C6H10F2N4O. The molecule has 13 heavy (non-hydrogen) atoms. The number of nitrogens with one attached hydrogen (secondary N) is 1. The van der Waals surface area contributed by atoms with Gasteiger partial charge in [-0.05, 0) is 0 Å². The van der Waals surface area contributed by atoms with Gasteiger partial charge in [0.25, 0.3) is 6.43 Å². The van der Waals surface area contributed by atoms with Gasteiger partial charge in [0.15, 0.2) is 0 Å². The van der Waals surface area contributed by atoms with Crippen LogP contribution < -0.4 is 5.73 Å². The predicted octanol–water partition coefficient (Wildman–Crippen LogP) is 0.211. The van der Waals surface area contributed by atoms with E-state index < -0.39 is 13.0 Å². The Morgan fingerprint density at radius 1 is 1.54 bits per heavy atom. The number of hydrogen-bond acceptors (Lipinski definition) is 4. The maximum absolute atomic E-state index is 11.6. The van der Waals surface area contributed by atoms with Crippen molar-refractivity contribution in [1.29, 1.82) is 0 Å². The van der Waals surface area contributed by atoms with E-state index in [1.54, 1.807) is 0 Å². The highest BCUT2D eigenvalue weighted by atomic mass is 19.3. The molecule has 0 unspecified atom stereocenters. The normalized spacial score (nSPS) is 11.0. The third-order valence-corrected chi connectivity index (χ3v) is 1.28. The molecule has 74 valence electrons. The van der Waals surface area contributed by atoms with Crippen molar-refractivity contribution in [3.63, 3.8) is 0 Å². The Labute approximate surface area is 73.3 Å². The minimum absolute atomic E-state index is 0.142. The fourth-order valence-corrected chi connectivity index (χ4v) is 0.763. The van der Waals surface area contributed by atoms with Gasteiger partial charge in [-0.1, -0.05) is 0 Å². The fourth-order valence-electron chi connectivity index (χ4n) is 0.763. The smallest absolute Gasteiger partial charge is 0.261 e. The molecule has 0 saturated heterocycles. The number of nitrogen functional groups attached to an aromatic ring is 1. The van der Waals surface area contributed by atoms with E-state index in [0.717, 1.165) is 0 Å². The molecule has 0 amide bonds. The summed E-state index contributed by atoms with van der Waals surface area (Å²) in [5.41, 5.74) is 5.22. The predicted molar refractivity (Wildman–Crippen MR) is 41.3 cm³/mol. The van der Waals surface area contributed by atoms with Crippen molar-refractivity contribution in [1.82, 2.24) is 15.2 Å². The monoisotopic (exact) mass is 192 g/mol. The summed E-state index contributed by atoms with van der Waals surface area (Å²) in [7, 11) is 0. The zero-order valence-electron chi connectivity index (χ0n) is 6.83. The summed E-state index contributed by atoms with van der Waals surface area (Å²) in [4.78, 5) is 3.77. The van der Waals surface area contributed by atoms with Crippen molar-refractivity contribution >= 4 is 5.95 Å². The van der Waals surface area contributed by atoms with Gasteiger partial charge in [-0.2, -0.15) is 4.98 Å². The van der Waals surface area contributed by atoms with Crippen LogP contribution in [-0.4, -0.2) is 34.8 Å². The number of aromatic amines is 1. The molecule has 1 aromatic heterocycles. The van der Waals surface area contributed by atoms with Crippen LogP contribution in [0.15, 0.2) is 0 Å². The van der Waals surface area contributed by atoms with Crippen LogP contribution in [0.4, 0.5) is 14.7 Å². The molecule has 5 nitrogen and oxygen atoms in total. The van der Waals surface area contributed by atoms with Crippen LogP contribution >= 0.6 is 0 Å². The van der Waals surface area contributed by atoms with Crippen LogP contribution in [0.5, 0.6) is 0 Å². The number of H-pyrrole nitrogens is 1. The first-order chi connectivity index (χ1) is 6.18. The number of rotatable bonds is 5. The first-order valence-electron chi connectivity index (χ1n) is 3.71. The Morgan fingerprint density at radius 2 is 2.31 bits per heavy atom. The van der Waals surface area contributed by atoms with Crippen LogP contribution in [0, 0.1) is 0 Å². The van der Waals surface area contributed by atoms with Crippen molar-refractivity contribution in [2.24, 2.45) is 0 Å². The van der Waals surface area contributed by atoms with Gasteiger partial charge in [-0.25, -0.2) is 8.78 Å². The maximum atomic E-state index is 11.6. The molecule has 0 aliphatic carbocycles. The average molecular weight is 192 g/mol. The summed E-state index contributed by atoms with van der Waals surface area (Å²) < 4.78 is 27.8. The Hall–Kier alpha value is -1.24. The summed E-state index contributed by atoms with van der Waals surface area (Å²) in [6.07, 6.45) is -2.03. The van der Waals surface area contributed by atoms with Gasteiger partial charge in [0.05, 0.1) is 6.61 Å². The lowest BCUT2D eigenvalue weighted by Crippen LogP contribution is -2.07. The van der Waals surface area contributed by atoms with Crippen molar-refractivity contribution in [2.45, 2.75) is 12.8 Å². The molecule has 0 aromatic carbocycles. The van der Waals surface area contributed by atoms with E-state index in [2.05, 4.69) is 19.9 Å². The van der Waals surface area contributed by atoms with Crippen LogP contribution in [0.2, 0.25) is 0 Å². The van der Waals surface area contributed by atoms with Crippen molar-refractivity contribution in [3.05, 3.63) is 5.82 Å². The Balaban J connectivity index is 2.13. The number of ether oxygens (including phenoxy) is 1. The number of hydrogen-bond donors (Lipinski definition) is 2. The molecule has 0 aliphatic rings. The first kappa shape index (κ1) is 9.85. The molecule has 0 atom stereocenters. The number of nitrogens with two attached hydrogens (primary N) is 1. The summed E-state index contributed by atoms with van der Waals surface area (Å²) in [5.74, 6) is 0.677. The zero-order valence-corrected chi connectivity index (χ0v) is 6.83. The molecule has 1 rings (SSSR count). The average Bonchev–Trinajstić information content (AvgIpc) is 2.45. The van der Waals surface area contributed by atoms with Crippen LogP contribution in [0.1, 0.15) is 5.82 Å². The van der Waals surface area contributed by atoms with E-state index >= 15 is 0 Å². The van der Waals surface area contributed by atoms with E-state index in [1.165, 1.54) is 0 Å². The Kier molecular flexibility index (Phi) is 3.56. The number of anilines is 1. The Morgan fingerprint density at radius 3 is 2.85 bits per heavy atom. The summed E-state index contributed by atoms with van der Waals surface area (Å²) in [6, 6.07) is 0. The van der Waals surface area contributed by atoms with E-state index in [0.29, 0.717) is 12.2 Å². The first-order valence-corrected chi connectivity index (χ1v) is 3.71. The van der Waals surface area contributed by atoms with Crippen molar-refractivity contribution < 1.29 is 13.5 Å².